The molecule has 10 heteroatoms. The normalized spacial score (nSPS) is 17.9. The lowest BCUT2D eigenvalue weighted by Gasteiger charge is -2.38. The van der Waals surface area contributed by atoms with Crippen molar-refractivity contribution in [1.82, 2.24) is 14.5 Å². The summed E-state index contributed by atoms with van der Waals surface area (Å²) in [5, 5.41) is 10.4. The molecule has 2 aliphatic heterocycles. The van der Waals surface area contributed by atoms with Gasteiger partial charge in [0.25, 0.3) is 0 Å². The van der Waals surface area contributed by atoms with Gasteiger partial charge in [0.2, 0.25) is 5.43 Å². The van der Waals surface area contributed by atoms with Crippen LogP contribution in [0.2, 0.25) is 0 Å². The summed E-state index contributed by atoms with van der Waals surface area (Å²) in [5.41, 5.74) is 2.55. The molecule has 0 amide bonds. The summed E-state index contributed by atoms with van der Waals surface area (Å²) in [7, 11) is 0. The third kappa shape index (κ3) is 3.74. The van der Waals surface area contributed by atoms with E-state index >= 15 is 4.39 Å². The Hall–Kier alpha value is -3.92. The molecule has 1 fully saturated rings. The SMILES string of the molecule is Cc1c(CN2CCN(c3c(F)cc4c(=O)c(C(=O)O)cn5c4c3OC[C@@H]5C)CC2)[nH]c2ccc(F)cc12. The number of rotatable bonds is 4. The second kappa shape index (κ2) is 8.58. The van der Waals surface area contributed by atoms with Crippen LogP contribution in [-0.4, -0.2) is 58.3 Å². The number of aromatic amines is 1. The monoisotopic (exact) mass is 508 g/mol. The van der Waals surface area contributed by atoms with E-state index in [1.165, 1.54) is 18.3 Å². The lowest BCUT2D eigenvalue weighted by Crippen LogP contribution is -2.46. The largest absolute Gasteiger partial charge is 0.487 e. The van der Waals surface area contributed by atoms with Gasteiger partial charge in [-0.05, 0) is 43.7 Å². The van der Waals surface area contributed by atoms with Crippen molar-refractivity contribution < 1.29 is 23.4 Å². The number of carbonyl (C=O) groups is 1. The standard InChI is InChI=1S/C27H26F2N4O4/c1-14-13-37-26-23-18(25(34)19(27(35)36)11-33(14)23)10-20(29)24(26)32-7-5-31(6-8-32)12-22-15(2)17-9-16(28)3-4-21(17)30-22/h3-4,9-11,14,30H,5-8,12-13H2,1-2H3,(H,35,36)/t14-/m0/s1. The molecule has 2 aliphatic rings. The first kappa shape index (κ1) is 23.5. The van der Waals surface area contributed by atoms with Crippen molar-refractivity contribution in [1.29, 1.82) is 0 Å². The average Bonchev–Trinajstić information content (AvgIpc) is 3.17. The number of H-pyrrole nitrogens is 1. The van der Waals surface area contributed by atoms with Crippen molar-refractivity contribution in [3.05, 3.63) is 69.1 Å². The Kier molecular flexibility index (Phi) is 5.45. The predicted molar refractivity (Wildman–Crippen MR) is 136 cm³/mol. The second-order valence-electron chi connectivity index (χ2n) is 9.86. The molecule has 4 heterocycles. The van der Waals surface area contributed by atoms with Gasteiger partial charge < -0.3 is 24.3 Å². The number of nitrogens with one attached hydrogen (secondary N) is 1. The van der Waals surface area contributed by atoms with Crippen molar-refractivity contribution in [2.75, 3.05) is 37.7 Å². The lowest BCUT2D eigenvalue weighted by molar-refractivity contribution is 0.0694. The van der Waals surface area contributed by atoms with Crippen LogP contribution in [0.5, 0.6) is 5.75 Å². The molecule has 2 aromatic carbocycles. The zero-order valence-corrected chi connectivity index (χ0v) is 20.5. The Morgan fingerprint density at radius 2 is 1.92 bits per heavy atom. The number of benzene rings is 2. The zero-order chi connectivity index (χ0) is 26.0. The molecule has 6 rings (SSSR count). The molecule has 2 N–H and O–H groups in total. The Bertz CT molecular complexity index is 1640. The number of aromatic carboxylic acids is 1. The van der Waals surface area contributed by atoms with E-state index in [1.54, 1.807) is 10.6 Å². The molecular formula is C27H26F2N4O4. The number of hydrogen-bond donors (Lipinski definition) is 2. The molecule has 0 spiro atoms. The second-order valence-corrected chi connectivity index (χ2v) is 9.86. The molecular weight excluding hydrogens is 482 g/mol. The van der Waals surface area contributed by atoms with Gasteiger partial charge in [0.05, 0.1) is 16.9 Å². The van der Waals surface area contributed by atoms with Gasteiger partial charge in [-0.25, -0.2) is 13.6 Å². The van der Waals surface area contributed by atoms with Crippen LogP contribution < -0.4 is 15.1 Å². The number of carboxylic acids is 1. The minimum atomic E-state index is -1.34. The van der Waals surface area contributed by atoms with Crippen molar-refractivity contribution in [2.45, 2.75) is 26.4 Å². The molecule has 0 unspecified atom stereocenters. The number of carboxylic acid groups (broad SMARTS) is 1. The maximum absolute atomic E-state index is 15.5. The Morgan fingerprint density at radius 1 is 1.16 bits per heavy atom. The lowest BCUT2D eigenvalue weighted by atomic mass is 10.1. The summed E-state index contributed by atoms with van der Waals surface area (Å²) >= 11 is 0. The number of nitrogens with zero attached hydrogens (tertiary/aromatic N) is 3. The fourth-order valence-corrected chi connectivity index (χ4v) is 5.52. The van der Waals surface area contributed by atoms with Crippen molar-refractivity contribution in [3.63, 3.8) is 0 Å². The van der Waals surface area contributed by atoms with Crippen LogP contribution in [0.4, 0.5) is 14.5 Å². The molecule has 0 aliphatic carbocycles. The van der Waals surface area contributed by atoms with E-state index in [4.69, 9.17) is 4.74 Å². The first-order valence-electron chi connectivity index (χ1n) is 12.2. The van der Waals surface area contributed by atoms with E-state index in [0.717, 1.165) is 28.2 Å². The first-order chi connectivity index (χ1) is 17.7. The molecule has 0 bridgehead atoms. The molecule has 1 saturated heterocycles. The summed E-state index contributed by atoms with van der Waals surface area (Å²) in [4.78, 5) is 32.0. The minimum Gasteiger partial charge on any atom is -0.487 e. The number of ether oxygens (including phenoxy) is 1. The molecule has 0 radical (unpaired) electrons. The van der Waals surface area contributed by atoms with Crippen LogP contribution in [0.1, 0.15) is 34.6 Å². The third-order valence-corrected chi connectivity index (χ3v) is 7.57. The Balaban J connectivity index is 1.30. The first-order valence-corrected chi connectivity index (χ1v) is 12.2. The third-order valence-electron chi connectivity index (χ3n) is 7.57. The maximum Gasteiger partial charge on any atom is 0.341 e. The minimum absolute atomic E-state index is 0.00654. The van der Waals surface area contributed by atoms with Crippen molar-refractivity contribution in [2.24, 2.45) is 0 Å². The fourth-order valence-electron chi connectivity index (χ4n) is 5.52. The van der Waals surface area contributed by atoms with Gasteiger partial charge in [-0.15, -0.1) is 0 Å². The molecule has 8 nitrogen and oxygen atoms in total. The number of anilines is 1. The number of fused-ring (bicyclic) bond motifs is 1. The summed E-state index contributed by atoms with van der Waals surface area (Å²) in [6, 6.07) is 5.65. The average molecular weight is 509 g/mol. The van der Waals surface area contributed by atoms with Crippen LogP contribution >= 0.6 is 0 Å². The molecule has 2 aromatic heterocycles. The topological polar surface area (TPSA) is 90.8 Å². The number of hydrogen-bond acceptors (Lipinski definition) is 5. The summed E-state index contributed by atoms with van der Waals surface area (Å²) < 4.78 is 36.9. The molecule has 0 saturated carbocycles. The van der Waals surface area contributed by atoms with Gasteiger partial charge in [-0.2, -0.15) is 0 Å². The van der Waals surface area contributed by atoms with E-state index < -0.39 is 17.2 Å². The van der Waals surface area contributed by atoms with Crippen LogP contribution in [0.15, 0.2) is 35.3 Å². The molecule has 1 atom stereocenters. The van der Waals surface area contributed by atoms with E-state index in [0.29, 0.717) is 43.9 Å². The Labute approximate surface area is 210 Å². The van der Waals surface area contributed by atoms with Gasteiger partial charge in [0.1, 0.15) is 23.7 Å². The van der Waals surface area contributed by atoms with E-state index in [-0.39, 0.29) is 35.2 Å². The smallest absolute Gasteiger partial charge is 0.341 e. The number of aryl methyl sites for hydroxylation is 1. The summed E-state index contributed by atoms with van der Waals surface area (Å²) in [5.74, 6) is -1.93. The highest BCUT2D eigenvalue weighted by Crippen LogP contribution is 2.42. The van der Waals surface area contributed by atoms with E-state index in [1.807, 2.05) is 18.7 Å². The van der Waals surface area contributed by atoms with Gasteiger partial charge in [-0.1, -0.05) is 0 Å². The molecule has 4 aromatic rings. The highest BCUT2D eigenvalue weighted by Gasteiger charge is 2.31. The number of aromatic nitrogens is 2. The number of pyridine rings is 1. The van der Waals surface area contributed by atoms with E-state index in [2.05, 4.69) is 9.88 Å². The highest BCUT2D eigenvalue weighted by molar-refractivity contribution is 5.97. The van der Waals surface area contributed by atoms with Crippen LogP contribution in [0.3, 0.4) is 0 Å². The summed E-state index contributed by atoms with van der Waals surface area (Å²) in [6.07, 6.45) is 1.33. The van der Waals surface area contributed by atoms with Crippen LogP contribution in [0, 0.1) is 18.6 Å². The highest BCUT2D eigenvalue weighted by atomic mass is 19.1. The summed E-state index contributed by atoms with van der Waals surface area (Å²) in [6.45, 7) is 7.16. The van der Waals surface area contributed by atoms with Gasteiger partial charge >= 0.3 is 5.97 Å². The quantitative estimate of drug-likeness (QED) is 0.433. The van der Waals surface area contributed by atoms with Crippen molar-refractivity contribution >= 4 is 33.5 Å². The molecule has 192 valence electrons. The van der Waals surface area contributed by atoms with Gasteiger partial charge in [0.15, 0.2) is 11.6 Å². The van der Waals surface area contributed by atoms with E-state index in [9.17, 15) is 19.1 Å². The Morgan fingerprint density at radius 3 is 2.65 bits per heavy atom. The molecule has 37 heavy (non-hydrogen) atoms. The zero-order valence-electron chi connectivity index (χ0n) is 20.5. The fraction of sp³-hybridized carbons (Fsp3) is 0.333. The number of piperazine rings is 1. The maximum atomic E-state index is 15.5. The van der Waals surface area contributed by atoms with Gasteiger partial charge in [-0.3, -0.25) is 9.69 Å². The predicted octanol–water partition coefficient (Wildman–Crippen LogP) is 4.04. The number of halogens is 2. The van der Waals surface area contributed by atoms with Gasteiger partial charge in [0, 0.05) is 55.5 Å². The van der Waals surface area contributed by atoms with Crippen LogP contribution in [0.25, 0.3) is 21.8 Å². The van der Waals surface area contributed by atoms with Crippen LogP contribution in [-0.2, 0) is 6.54 Å². The van der Waals surface area contributed by atoms with Crippen molar-refractivity contribution in [3.8, 4) is 5.75 Å².